The van der Waals surface area contributed by atoms with E-state index in [9.17, 15) is 0 Å². The maximum Gasteiger partial charge on any atom is 0.0202 e. The Bertz CT molecular complexity index is 400. The zero-order valence-corrected chi connectivity index (χ0v) is 11.5. The molecule has 1 aliphatic heterocycles. The summed E-state index contributed by atoms with van der Waals surface area (Å²) >= 11 is 0. The highest BCUT2D eigenvalue weighted by Gasteiger charge is 2.38. The summed E-state index contributed by atoms with van der Waals surface area (Å²) in [5.74, 6) is 1.02. The second-order valence-corrected chi connectivity index (χ2v) is 6.44. The molecule has 0 spiro atoms. The number of nitrogens with one attached hydrogen (secondary N) is 1. The first-order chi connectivity index (χ1) is 8.78. The van der Waals surface area contributed by atoms with Crippen molar-refractivity contribution in [2.45, 2.75) is 50.9 Å². The van der Waals surface area contributed by atoms with E-state index in [0.29, 0.717) is 5.41 Å². The minimum absolute atomic E-state index is 0.453. The van der Waals surface area contributed by atoms with Crippen LogP contribution >= 0.6 is 0 Å². The van der Waals surface area contributed by atoms with Crippen LogP contribution in [-0.2, 0) is 5.41 Å². The van der Waals surface area contributed by atoms with Gasteiger partial charge in [0.15, 0.2) is 0 Å². The summed E-state index contributed by atoms with van der Waals surface area (Å²) in [5.41, 5.74) is 3.42. The Kier molecular flexibility index (Phi) is 3.43. The van der Waals surface area contributed by atoms with Gasteiger partial charge in [0.05, 0.1) is 0 Å². The van der Waals surface area contributed by atoms with Crippen LogP contribution in [-0.4, -0.2) is 13.1 Å². The number of hydrogen-bond donors (Lipinski definition) is 1. The van der Waals surface area contributed by atoms with Gasteiger partial charge in [0, 0.05) is 18.5 Å². The molecule has 2 aliphatic rings. The van der Waals surface area contributed by atoms with E-state index < -0.39 is 0 Å². The van der Waals surface area contributed by atoms with Crippen molar-refractivity contribution in [3.05, 3.63) is 35.4 Å². The smallest absolute Gasteiger partial charge is 0.0202 e. The van der Waals surface area contributed by atoms with E-state index in [1.165, 1.54) is 57.2 Å². The van der Waals surface area contributed by atoms with Crippen LogP contribution in [0.5, 0.6) is 0 Å². The number of benzene rings is 1. The van der Waals surface area contributed by atoms with Crippen molar-refractivity contribution in [2.75, 3.05) is 13.1 Å². The standard InChI is InChI=1S/C17H25N/c1-14-5-4-8-16(11-14)17(12-18-13-17)10-9-15-6-2-3-7-15/h4-5,8,11,15,18H,2-3,6-7,9-10,12-13H2,1H3. The Morgan fingerprint density at radius 1 is 1.22 bits per heavy atom. The molecule has 3 rings (SSSR count). The summed E-state index contributed by atoms with van der Waals surface area (Å²) in [6.45, 7) is 4.58. The molecule has 2 fully saturated rings. The molecule has 1 saturated carbocycles. The quantitative estimate of drug-likeness (QED) is 0.848. The van der Waals surface area contributed by atoms with Gasteiger partial charge in [0.2, 0.25) is 0 Å². The van der Waals surface area contributed by atoms with Crippen molar-refractivity contribution in [1.29, 1.82) is 0 Å². The highest BCUT2D eigenvalue weighted by atomic mass is 15.0. The van der Waals surface area contributed by atoms with E-state index >= 15 is 0 Å². The molecule has 1 heterocycles. The third-order valence-electron chi connectivity index (χ3n) is 5.06. The van der Waals surface area contributed by atoms with Gasteiger partial charge in [-0.05, 0) is 31.2 Å². The lowest BCUT2D eigenvalue weighted by atomic mass is 9.70. The van der Waals surface area contributed by atoms with Gasteiger partial charge in [-0.25, -0.2) is 0 Å². The van der Waals surface area contributed by atoms with Gasteiger partial charge in [0.25, 0.3) is 0 Å². The summed E-state index contributed by atoms with van der Waals surface area (Å²) in [6, 6.07) is 9.17. The third kappa shape index (κ3) is 2.33. The van der Waals surface area contributed by atoms with E-state index in [1.54, 1.807) is 5.56 Å². The second-order valence-electron chi connectivity index (χ2n) is 6.44. The van der Waals surface area contributed by atoms with Crippen LogP contribution < -0.4 is 5.32 Å². The van der Waals surface area contributed by atoms with Crippen LogP contribution in [0.4, 0.5) is 0 Å². The molecule has 0 radical (unpaired) electrons. The Morgan fingerprint density at radius 3 is 2.61 bits per heavy atom. The zero-order chi connectivity index (χ0) is 12.4. The minimum Gasteiger partial charge on any atom is -0.315 e. The maximum absolute atomic E-state index is 3.50. The molecule has 18 heavy (non-hydrogen) atoms. The first kappa shape index (κ1) is 12.2. The van der Waals surface area contributed by atoms with Crippen molar-refractivity contribution < 1.29 is 0 Å². The van der Waals surface area contributed by atoms with Gasteiger partial charge < -0.3 is 5.32 Å². The van der Waals surface area contributed by atoms with Crippen LogP contribution in [0.3, 0.4) is 0 Å². The molecule has 1 heteroatoms. The van der Waals surface area contributed by atoms with Gasteiger partial charge in [-0.3, -0.25) is 0 Å². The molecule has 0 unspecified atom stereocenters. The molecule has 0 amide bonds. The molecular formula is C17H25N. The topological polar surface area (TPSA) is 12.0 Å². The average molecular weight is 243 g/mol. The van der Waals surface area contributed by atoms with Gasteiger partial charge in [-0.15, -0.1) is 0 Å². The summed E-state index contributed by atoms with van der Waals surface area (Å²) in [7, 11) is 0. The van der Waals surface area contributed by atoms with Crippen LogP contribution in [0.2, 0.25) is 0 Å². The highest BCUT2D eigenvalue weighted by molar-refractivity contribution is 5.33. The number of aryl methyl sites for hydroxylation is 1. The van der Waals surface area contributed by atoms with E-state index in [0.717, 1.165) is 5.92 Å². The lowest BCUT2D eigenvalue weighted by Gasteiger charge is -2.44. The van der Waals surface area contributed by atoms with Crippen molar-refractivity contribution in [2.24, 2.45) is 5.92 Å². The number of rotatable bonds is 4. The first-order valence-corrected chi connectivity index (χ1v) is 7.56. The lowest BCUT2D eigenvalue weighted by molar-refractivity contribution is 0.236. The van der Waals surface area contributed by atoms with E-state index in [4.69, 9.17) is 0 Å². The fraction of sp³-hybridized carbons (Fsp3) is 0.647. The van der Waals surface area contributed by atoms with Crippen LogP contribution in [0.25, 0.3) is 0 Å². The monoisotopic (exact) mass is 243 g/mol. The van der Waals surface area contributed by atoms with E-state index in [2.05, 4.69) is 36.5 Å². The van der Waals surface area contributed by atoms with Crippen molar-refractivity contribution >= 4 is 0 Å². The van der Waals surface area contributed by atoms with Crippen LogP contribution in [0.1, 0.15) is 49.7 Å². The molecule has 0 atom stereocenters. The molecule has 1 aromatic rings. The van der Waals surface area contributed by atoms with Crippen LogP contribution in [0.15, 0.2) is 24.3 Å². The Morgan fingerprint density at radius 2 is 2.00 bits per heavy atom. The van der Waals surface area contributed by atoms with E-state index in [-0.39, 0.29) is 0 Å². The summed E-state index contributed by atoms with van der Waals surface area (Å²) in [5, 5.41) is 3.50. The fourth-order valence-electron chi connectivity index (χ4n) is 3.71. The maximum atomic E-state index is 3.50. The van der Waals surface area contributed by atoms with E-state index in [1.807, 2.05) is 0 Å². The summed E-state index contributed by atoms with van der Waals surface area (Å²) in [6.07, 6.45) is 8.74. The summed E-state index contributed by atoms with van der Waals surface area (Å²) in [4.78, 5) is 0. The highest BCUT2D eigenvalue weighted by Crippen LogP contribution is 2.38. The summed E-state index contributed by atoms with van der Waals surface area (Å²) < 4.78 is 0. The predicted octanol–water partition coefficient (Wildman–Crippen LogP) is 3.81. The Labute approximate surface area is 111 Å². The molecule has 98 valence electrons. The molecular weight excluding hydrogens is 218 g/mol. The van der Waals surface area contributed by atoms with Gasteiger partial charge in [0.1, 0.15) is 0 Å². The Hall–Kier alpha value is -0.820. The zero-order valence-electron chi connectivity index (χ0n) is 11.5. The molecule has 1 aromatic carbocycles. The third-order valence-corrected chi connectivity index (χ3v) is 5.06. The lowest BCUT2D eigenvalue weighted by Crippen LogP contribution is -2.56. The van der Waals surface area contributed by atoms with Crippen molar-refractivity contribution in [3.63, 3.8) is 0 Å². The van der Waals surface area contributed by atoms with Gasteiger partial charge in [-0.2, -0.15) is 0 Å². The van der Waals surface area contributed by atoms with Gasteiger partial charge in [-0.1, -0.05) is 55.5 Å². The molecule has 0 aromatic heterocycles. The fourth-order valence-corrected chi connectivity index (χ4v) is 3.71. The number of hydrogen-bond acceptors (Lipinski definition) is 1. The molecule has 1 aliphatic carbocycles. The molecule has 1 nitrogen and oxygen atoms in total. The molecule has 1 N–H and O–H groups in total. The largest absolute Gasteiger partial charge is 0.315 e. The average Bonchev–Trinajstić information content (AvgIpc) is 2.81. The minimum atomic E-state index is 0.453. The predicted molar refractivity (Wildman–Crippen MR) is 76.9 cm³/mol. The van der Waals surface area contributed by atoms with Gasteiger partial charge >= 0.3 is 0 Å². The Balaban J connectivity index is 1.69. The second kappa shape index (κ2) is 5.05. The normalized spacial score (nSPS) is 22.9. The molecule has 0 bridgehead atoms. The van der Waals surface area contributed by atoms with Crippen LogP contribution in [0, 0.1) is 12.8 Å². The SMILES string of the molecule is Cc1cccc(C2(CCC3CCCC3)CNC2)c1. The first-order valence-electron chi connectivity index (χ1n) is 7.56. The van der Waals surface area contributed by atoms with Crippen molar-refractivity contribution in [3.8, 4) is 0 Å². The molecule has 1 saturated heterocycles. The van der Waals surface area contributed by atoms with Crippen molar-refractivity contribution in [1.82, 2.24) is 5.32 Å².